The Kier molecular flexibility index (Phi) is 29.1. The van der Waals surface area contributed by atoms with Crippen molar-refractivity contribution in [1.29, 1.82) is 0 Å². The maximum absolute atomic E-state index is 13.7. The second-order valence-corrected chi connectivity index (χ2v) is 42.4. The molecule has 2 heterocycles. The molecule has 0 amide bonds. The highest BCUT2D eigenvalue weighted by Crippen LogP contribution is 2.70. The zero-order valence-corrected chi connectivity index (χ0v) is 54.4. The number of carbonyl (C=O) groups is 5. The molecule has 4 aliphatic carbocycles. The third-order valence-corrected chi connectivity index (χ3v) is 40.6. The minimum absolute atomic E-state index is 0.0462. The summed E-state index contributed by atoms with van der Waals surface area (Å²) in [6, 6.07) is 0. The number of carbonyl (C=O) groups excluding carboxylic acids is 5. The largest absolute Gasteiger partial charge is 0.395 e. The summed E-state index contributed by atoms with van der Waals surface area (Å²) in [5.74, 6) is -1.42. The number of rotatable bonds is 14. The second kappa shape index (κ2) is 31.1. The predicted octanol–water partition coefficient (Wildman–Crippen LogP) is 7.69. The molecule has 2 unspecified atom stereocenters. The number of aliphatic hydroxyl groups excluding tert-OH is 1. The summed E-state index contributed by atoms with van der Waals surface area (Å²) in [5, 5.41) is 9.79. The first-order chi connectivity index (χ1) is 33.8. The maximum Gasteiger partial charge on any atom is 0.172 e. The number of allylic oxidation sites excluding steroid dienone is 1. The lowest BCUT2D eigenvalue weighted by atomic mass is 9.49. The third kappa shape index (κ3) is 15.9. The van der Waals surface area contributed by atoms with E-state index < -0.39 is 33.2 Å². The van der Waals surface area contributed by atoms with Crippen molar-refractivity contribution in [2.45, 2.75) is 130 Å². The molecule has 71 heavy (non-hydrogen) atoms. The molecular formula is C46H73O10PS14. The van der Waals surface area contributed by atoms with Gasteiger partial charge in [0, 0.05) is 201 Å². The smallest absolute Gasteiger partial charge is 0.172 e. The quantitative estimate of drug-likeness (QED) is 0.104. The van der Waals surface area contributed by atoms with Gasteiger partial charge in [-0.05, 0) is 81.4 Å². The Balaban J connectivity index is 0.000000288. The highest BCUT2D eigenvalue weighted by molar-refractivity contribution is 8.76. The van der Waals surface area contributed by atoms with Gasteiger partial charge in [0.25, 0.3) is 0 Å². The van der Waals surface area contributed by atoms with Crippen molar-refractivity contribution in [3.8, 4) is 0 Å². The number of fused-ring (bicyclic) bond motifs is 4. The van der Waals surface area contributed by atoms with Gasteiger partial charge in [0.05, 0.1) is 33.0 Å². The summed E-state index contributed by atoms with van der Waals surface area (Å²) in [6.07, 6.45) is 14.0. The summed E-state index contributed by atoms with van der Waals surface area (Å²) < 4.78 is 24.6. The Morgan fingerprint density at radius 3 is 1.28 bits per heavy atom. The molecule has 6 fully saturated rings. The first kappa shape index (κ1) is 66.4. The number of hydrogen-bond acceptors (Lipinski definition) is 12. The lowest BCUT2D eigenvalue weighted by molar-refractivity contribution is -0.239. The van der Waals surface area contributed by atoms with Crippen LogP contribution in [0.5, 0.6) is 0 Å². The number of ketones is 2. The number of aliphatic hydroxyl groups is 1. The van der Waals surface area contributed by atoms with Crippen LogP contribution in [0, 0.1) is 56.2 Å². The van der Waals surface area contributed by atoms with Crippen LogP contribution in [0.1, 0.15) is 119 Å². The van der Waals surface area contributed by atoms with Gasteiger partial charge >= 0.3 is 0 Å². The van der Waals surface area contributed by atoms with Crippen molar-refractivity contribution >= 4 is 168 Å². The van der Waals surface area contributed by atoms with Crippen LogP contribution in [-0.2, 0) is 172 Å². The minimum Gasteiger partial charge on any atom is -0.395 e. The van der Waals surface area contributed by atoms with Crippen LogP contribution in [-0.4, -0.2) is 93.5 Å². The summed E-state index contributed by atoms with van der Waals surface area (Å²) in [7, 11) is 21.0. The van der Waals surface area contributed by atoms with E-state index in [1.54, 1.807) is 108 Å². The van der Waals surface area contributed by atoms with E-state index in [-0.39, 0.29) is 65.5 Å². The molecule has 6 rings (SSSR count). The summed E-state index contributed by atoms with van der Waals surface area (Å²) in [6.45, 7) is 25.8. The van der Waals surface area contributed by atoms with Gasteiger partial charge in [-0.1, -0.05) is 46.8 Å². The molecule has 0 aromatic heterocycles. The van der Waals surface area contributed by atoms with Crippen molar-refractivity contribution in [3.63, 3.8) is 0 Å². The Hall–Kier alpha value is 1.14. The first-order valence-electron chi connectivity index (χ1n) is 23.4. The second-order valence-electron chi connectivity index (χ2n) is 20.2. The zero-order valence-electron chi connectivity index (χ0n) is 42.0. The zero-order chi connectivity index (χ0) is 53.0. The lowest BCUT2D eigenvalue weighted by Crippen LogP contribution is -2.59. The molecule has 0 aromatic carbocycles. The van der Waals surface area contributed by atoms with Crippen LogP contribution in [0.3, 0.4) is 0 Å². The molecule has 4 saturated carbocycles. The SMILES string of the molecule is C=C[C@](C)(C=O)CC(=O)[C@@]1(C)C2C3(CC[C@]2(CC=O)CC[C@H]1C)OCCO3.C=C[C@](C)(CO)CC(=O)[C@@]1(C)C2C3(CC[C@]2(CC=O)CC[C@H]1C)OCCO3.CPC.S=S=S=S=S=S=S=S=S=S=S=S=S=S. The highest BCUT2D eigenvalue weighted by Gasteiger charge is 2.71. The molecule has 6 aliphatic rings. The van der Waals surface area contributed by atoms with Crippen molar-refractivity contribution < 1.29 is 48.0 Å². The number of Topliss-reactive ketones (excluding diaryl/α,β-unsaturated/α-hetero) is 2. The van der Waals surface area contributed by atoms with Gasteiger partial charge in [0.1, 0.15) is 30.4 Å². The molecule has 2 spiro atoms. The molecule has 2 saturated heterocycles. The average molecular weight is 1270 g/mol. The van der Waals surface area contributed by atoms with E-state index in [1.807, 2.05) is 20.8 Å². The van der Waals surface area contributed by atoms with Crippen LogP contribution in [0.15, 0.2) is 25.3 Å². The fourth-order valence-electron chi connectivity index (χ4n) is 12.2. The van der Waals surface area contributed by atoms with Crippen LogP contribution < -0.4 is 0 Å². The molecule has 0 radical (unpaired) electrons. The van der Waals surface area contributed by atoms with Gasteiger partial charge in [-0.3, -0.25) is 9.59 Å². The van der Waals surface area contributed by atoms with E-state index in [4.69, 9.17) is 41.3 Å². The first-order valence-corrected chi connectivity index (χ1v) is 42.8. The molecule has 2 aliphatic heterocycles. The minimum atomic E-state index is -0.881. The van der Waals surface area contributed by atoms with Gasteiger partial charge in [-0.25, -0.2) is 0 Å². The molecule has 25 heteroatoms. The Bertz CT molecular complexity index is 2420. The van der Waals surface area contributed by atoms with Gasteiger partial charge in [-0.15, -0.1) is 21.7 Å². The fourth-order valence-corrected chi connectivity index (χ4v) is 39.7. The molecule has 0 bridgehead atoms. The van der Waals surface area contributed by atoms with Gasteiger partial charge in [0.2, 0.25) is 0 Å². The molecule has 10 nitrogen and oxygen atoms in total. The molecule has 10 atom stereocenters. The van der Waals surface area contributed by atoms with Crippen LogP contribution in [0.4, 0.5) is 0 Å². The highest BCUT2D eigenvalue weighted by atomic mass is 33.5. The van der Waals surface area contributed by atoms with Gasteiger partial charge < -0.3 is 38.4 Å². The van der Waals surface area contributed by atoms with Crippen molar-refractivity contribution in [1.82, 2.24) is 0 Å². The normalized spacial score (nSPS) is 31.8. The molecular weight excluding hydrogens is 1190 g/mol. The Labute approximate surface area is 468 Å². The van der Waals surface area contributed by atoms with E-state index in [0.717, 1.165) is 72.4 Å². The third-order valence-electron chi connectivity index (χ3n) is 16.2. The van der Waals surface area contributed by atoms with Crippen molar-refractivity contribution in [2.24, 2.45) is 56.2 Å². The standard InChI is InChI=1S/C22H34O5.C22H32O5.C2H7P.S14/c2*1-5-19(3,15-24)14-17(25)20(4)16(2)6-7-21(10-11-23)8-9-22(18(20)21)26-12-13-27-22;1-3-2;1-3-5-7-9-11-13-14-12-10-8-6-4-2/h5,11,16,18,24H,1,6-10,12-15H2,2-4H3;5,11,15-16,18H,1,6-10,12-14H2,2-4H3;3H,1-2H3;/t2*16-,18?,19+,20+,21+;;/m11../s1. The number of ether oxygens (including phenoxy) is 4. The summed E-state index contributed by atoms with van der Waals surface area (Å²) in [4.78, 5) is 62.2. The van der Waals surface area contributed by atoms with E-state index in [2.05, 4.69) is 40.3 Å². The van der Waals surface area contributed by atoms with Gasteiger partial charge in [0.15, 0.2) is 11.6 Å². The topological polar surface area (TPSA) is 142 Å². The summed E-state index contributed by atoms with van der Waals surface area (Å²) in [5.41, 5.74) is -3.42. The van der Waals surface area contributed by atoms with Crippen LogP contribution in [0.2, 0.25) is 0 Å². The van der Waals surface area contributed by atoms with E-state index in [9.17, 15) is 29.1 Å². The number of hydrogen-bond donors (Lipinski definition) is 1. The Morgan fingerprint density at radius 1 is 0.634 bits per heavy atom. The predicted molar refractivity (Wildman–Crippen MR) is 326 cm³/mol. The van der Waals surface area contributed by atoms with Crippen molar-refractivity contribution in [2.75, 3.05) is 46.4 Å². The van der Waals surface area contributed by atoms with E-state index in [0.29, 0.717) is 45.7 Å². The fraction of sp³-hybridized carbons (Fsp3) is 0.804. The van der Waals surface area contributed by atoms with Crippen LogP contribution >= 0.6 is 8.58 Å². The maximum atomic E-state index is 13.7. The lowest BCUT2D eigenvalue weighted by Gasteiger charge is -2.56. The molecule has 1 N–H and O–H groups in total. The van der Waals surface area contributed by atoms with Crippen LogP contribution in [0.25, 0.3) is 0 Å². The van der Waals surface area contributed by atoms with Gasteiger partial charge in [-0.2, -0.15) is 0 Å². The monoisotopic (exact) mass is 1260 g/mol. The number of aldehydes is 3. The Morgan fingerprint density at radius 2 is 0.986 bits per heavy atom. The summed E-state index contributed by atoms with van der Waals surface area (Å²) >= 11 is 9.43. The molecule has 406 valence electrons. The van der Waals surface area contributed by atoms with E-state index in [1.165, 1.54) is 17.8 Å². The molecule has 0 aromatic rings. The van der Waals surface area contributed by atoms with Crippen molar-refractivity contribution in [3.05, 3.63) is 25.3 Å². The average Bonchev–Trinajstić information content (AvgIpc) is 4.18. The van der Waals surface area contributed by atoms with E-state index >= 15 is 0 Å².